The molecule has 0 fully saturated rings. The van der Waals surface area contributed by atoms with Gasteiger partial charge < -0.3 is 4.52 Å². The molecule has 0 aliphatic heterocycles. The zero-order valence-electron chi connectivity index (χ0n) is 11.1. The number of nitrogens with one attached hydrogen (secondary N) is 1. The summed E-state index contributed by atoms with van der Waals surface area (Å²) in [6.45, 7) is 1.94. The van der Waals surface area contributed by atoms with Crippen LogP contribution in [0.15, 0.2) is 41.3 Å². The minimum atomic E-state index is 0.428. The quantitative estimate of drug-likeness (QED) is 0.605. The lowest BCUT2D eigenvalue weighted by molar-refractivity contribution is 0.432. The maximum atomic E-state index is 5.32. The normalized spacial score (nSPS) is 11.1. The van der Waals surface area contributed by atoms with Crippen molar-refractivity contribution in [2.45, 2.75) is 6.92 Å². The highest BCUT2D eigenvalue weighted by atomic mass is 16.5. The van der Waals surface area contributed by atoms with Crippen molar-refractivity contribution in [1.82, 2.24) is 30.3 Å². The van der Waals surface area contributed by atoms with E-state index in [4.69, 9.17) is 4.52 Å². The van der Waals surface area contributed by atoms with Gasteiger partial charge in [-0.25, -0.2) is 4.98 Å². The van der Waals surface area contributed by atoms with Crippen LogP contribution in [0.5, 0.6) is 0 Å². The van der Waals surface area contributed by atoms with Crippen molar-refractivity contribution in [3.8, 4) is 22.8 Å². The second-order valence-corrected chi connectivity index (χ2v) is 4.60. The fraction of sp³-hybridized carbons (Fsp3) is 0.0714. The Bertz CT molecular complexity index is 912. The first-order valence-corrected chi connectivity index (χ1v) is 6.36. The van der Waals surface area contributed by atoms with Gasteiger partial charge in [0.15, 0.2) is 5.65 Å². The topological polar surface area (TPSA) is 93.4 Å². The van der Waals surface area contributed by atoms with Gasteiger partial charge in [0.25, 0.3) is 5.89 Å². The molecular weight excluding hydrogens is 268 g/mol. The molecule has 102 valence electrons. The molecule has 4 aromatic heterocycles. The van der Waals surface area contributed by atoms with Crippen LogP contribution in [0.3, 0.4) is 0 Å². The van der Waals surface area contributed by atoms with Gasteiger partial charge >= 0.3 is 0 Å². The molecule has 0 amide bonds. The molecule has 21 heavy (non-hydrogen) atoms. The molecule has 0 unspecified atom stereocenters. The van der Waals surface area contributed by atoms with Crippen LogP contribution in [0.4, 0.5) is 0 Å². The Labute approximate surface area is 119 Å². The molecule has 0 saturated heterocycles. The van der Waals surface area contributed by atoms with E-state index in [9.17, 15) is 0 Å². The largest absolute Gasteiger partial charge is 0.334 e. The Balaban J connectivity index is 1.79. The minimum absolute atomic E-state index is 0.428. The molecule has 4 rings (SSSR count). The van der Waals surface area contributed by atoms with Crippen molar-refractivity contribution in [1.29, 1.82) is 0 Å². The van der Waals surface area contributed by atoms with Crippen LogP contribution in [0.25, 0.3) is 33.9 Å². The maximum absolute atomic E-state index is 5.32. The van der Waals surface area contributed by atoms with E-state index in [2.05, 4.69) is 30.3 Å². The van der Waals surface area contributed by atoms with Gasteiger partial charge in [0, 0.05) is 35.2 Å². The Morgan fingerprint density at radius 3 is 2.86 bits per heavy atom. The summed E-state index contributed by atoms with van der Waals surface area (Å²) >= 11 is 0. The number of rotatable bonds is 2. The van der Waals surface area contributed by atoms with Gasteiger partial charge in [-0.3, -0.25) is 10.1 Å². The first-order chi connectivity index (χ1) is 10.3. The molecule has 0 aliphatic rings. The van der Waals surface area contributed by atoms with E-state index in [1.165, 1.54) is 0 Å². The highest BCUT2D eigenvalue weighted by Gasteiger charge is 2.12. The molecule has 4 heterocycles. The van der Waals surface area contributed by atoms with Gasteiger partial charge in [-0.2, -0.15) is 10.1 Å². The molecule has 0 aromatic carbocycles. The van der Waals surface area contributed by atoms with Gasteiger partial charge in [0.05, 0.1) is 5.56 Å². The summed E-state index contributed by atoms with van der Waals surface area (Å²) < 4.78 is 5.32. The highest BCUT2D eigenvalue weighted by molar-refractivity contribution is 5.81. The third-order valence-electron chi connectivity index (χ3n) is 3.21. The fourth-order valence-electron chi connectivity index (χ4n) is 2.10. The molecule has 7 heteroatoms. The molecule has 0 saturated carbocycles. The van der Waals surface area contributed by atoms with E-state index >= 15 is 0 Å². The predicted molar refractivity (Wildman–Crippen MR) is 75.1 cm³/mol. The number of H-pyrrole nitrogens is 1. The maximum Gasteiger partial charge on any atom is 0.259 e. The number of aromatic amines is 1. The molecule has 7 nitrogen and oxygen atoms in total. The number of fused-ring (bicyclic) bond motifs is 1. The molecule has 0 spiro atoms. The molecular formula is C14H10N6O. The third kappa shape index (κ3) is 1.95. The second kappa shape index (κ2) is 4.48. The average Bonchev–Trinajstić information content (AvgIpc) is 3.16. The number of nitrogens with zero attached hydrogens (tertiary/aromatic N) is 5. The molecule has 0 aliphatic carbocycles. The Morgan fingerprint density at radius 2 is 2.00 bits per heavy atom. The lowest BCUT2D eigenvalue weighted by Gasteiger charge is -1.94. The fourth-order valence-corrected chi connectivity index (χ4v) is 2.10. The number of hydrogen-bond acceptors (Lipinski definition) is 6. The molecule has 1 N–H and O–H groups in total. The van der Waals surface area contributed by atoms with E-state index in [1.807, 2.05) is 25.1 Å². The summed E-state index contributed by atoms with van der Waals surface area (Å²) in [4.78, 5) is 12.6. The van der Waals surface area contributed by atoms with E-state index in [-0.39, 0.29) is 0 Å². The zero-order valence-corrected chi connectivity index (χ0v) is 11.1. The van der Waals surface area contributed by atoms with Crippen LogP contribution in [-0.4, -0.2) is 30.3 Å². The summed E-state index contributed by atoms with van der Waals surface area (Å²) in [6.07, 6.45) is 5.05. The predicted octanol–water partition coefficient (Wildman–Crippen LogP) is 2.38. The van der Waals surface area contributed by atoms with Crippen molar-refractivity contribution >= 4 is 11.0 Å². The summed E-state index contributed by atoms with van der Waals surface area (Å²) in [6, 6.07) is 5.59. The van der Waals surface area contributed by atoms with Crippen LogP contribution >= 0.6 is 0 Å². The van der Waals surface area contributed by atoms with E-state index in [0.717, 1.165) is 22.2 Å². The van der Waals surface area contributed by atoms with Gasteiger partial charge in [-0.15, -0.1) is 0 Å². The minimum Gasteiger partial charge on any atom is -0.334 e. The smallest absolute Gasteiger partial charge is 0.259 e. The van der Waals surface area contributed by atoms with Crippen molar-refractivity contribution in [3.05, 3.63) is 42.5 Å². The van der Waals surface area contributed by atoms with Crippen LogP contribution in [0.1, 0.15) is 5.69 Å². The SMILES string of the molecule is Cc1[nH]nc2ncc(-c3nc(-c4ccncc4)no3)cc12. The van der Waals surface area contributed by atoms with Crippen molar-refractivity contribution < 1.29 is 4.52 Å². The average molecular weight is 278 g/mol. The number of hydrogen-bond donors (Lipinski definition) is 1. The molecule has 0 atom stereocenters. The highest BCUT2D eigenvalue weighted by Crippen LogP contribution is 2.24. The van der Waals surface area contributed by atoms with Crippen molar-refractivity contribution in [2.75, 3.05) is 0 Å². The van der Waals surface area contributed by atoms with E-state index < -0.39 is 0 Å². The van der Waals surface area contributed by atoms with Gasteiger partial charge in [-0.05, 0) is 25.1 Å². The summed E-state index contributed by atoms with van der Waals surface area (Å²) in [7, 11) is 0. The van der Waals surface area contributed by atoms with Crippen LogP contribution < -0.4 is 0 Å². The summed E-state index contributed by atoms with van der Waals surface area (Å²) in [5, 5.41) is 11.9. The lowest BCUT2D eigenvalue weighted by Crippen LogP contribution is -1.83. The Morgan fingerprint density at radius 1 is 1.14 bits per heavy atom. The monoisotopic (exact) mass is 278 g/mol. The van der Waals surface area contributed by atoms with Crippen LogP contribution in [-0.2, 0) is 0 Å². The standard InChI is InChI=1S/C14H10N6O/c1-8-11-6-10(7-16-13(11)19-18-8)14-17-12(20-21-14)9-2-4-15-5-3-9/h2-7H,1H3,(H,16,18,19). The first-order valence-electron chi connectivity index (χ1n) is 6.36. The molecule has 0 bridgehead atoms. The van der Waals surface area contributed by atoms with Crippen LogP contribution in [0.2, 0.25) is 0 Å². The van der Waals surface area contributed by atoms with Crippen LogP contribution in [0, 0.1) is 6.92 Å². The van der Waals surface area contributed by atoms with Crippen molar-refractivity contribution in [2.24, 2.45) is 0 Å². The van der Waals surface area contributed by atoms with E-state index in [0.29, 0.717) is 17.4 Å². The second-order valence-electron chi connectivity index (χ2n) is 4.60. The number of aromatic nitrogens is 6. The molecule has 0 radical (unpaired) electrons. The Kier molecular flexibility index (Phi) is 2.50. The lowest BCUT2D eigenvalue weighted by atomic mass is 10.2. The van der Waals surface area contributed by atoms with E-state index in [1.54, 1.807) is 18.6 Å². The summed E-state index contributed by atoms with van der Waals surface area (Å²) in [5.41, 5.74) is 3.24. The van der Waals surface area contributed by atoms with Gasteiger partial charge in [0.1, 0.15) is 0 Å². The Hall–Kier alpha value is -3.09. The first kappa shape index (κ1) is 11.7. The third-order valence-corrected chi connectivity index (χ3v) is 3.21. The molecule has 4 aromatic rings. The van der Waals surface area contributed by atoms with Crippen molar-refractivity contribution in [3.63, 3.8) is 0 Å². The number of aryl methyl sites for hydroxylation is 1. The zero-order chi connectivity index (χ0) is 14.2. The van der Waals surface area contributed by atoms with Gasteiger partial charge in [0.2, 0.25) is 5.82 Å². The van der Waals surface area contributed by atoms with Gasteiger partial charge in [-0.1, -0.05) is 5.16 Å². The number of pyridine rings is 2. The summed E-state index contributed by atoms with van der Waals surface area (Å²) in [5.74, 6) is 0.952.